The van der Waals surface area contributed by atoms with Crippen LogP contribution < -0.4 is 0 Å². The number of thiophene rings is 1. The molecule has 0 spiro atoms. The first-order valence-electron chi connectivity index (χ1n) is 3.65. The van der Waals surface area contributed by atoms with Gasteiger partial charge >= 0.3 is 0 Å². The summed E-state index contributed by atoms with van der Waals surface area (Å²) in [6, 6.07) is 2.04. The van der Waals surface area contributed by atoms with E-state index in [9.17, 15) is 0 Å². The summed E-state index contributed by atoms with van der Waals surface area (Å²) in [5.41, 5.74) is 1.02. The maximum Gasteiger partial charge on any atom is 0.153 e. The summed E-state index contributed by atoms with van der Waals surface area (Å²) in [5.74, 6) is 0.711. The van der Waals surface area contributed by atoms with Crippen LogP contribution in [0.15, 0.2) is 18.0 Å². The summed E-state index contributed by atoms with van der Waals surface area (Å²) < 4.78 is 0. The van der Waals surface area contributed by atoms with E-state index < -0.39 is 0 Å². The number of nitrogens with zero attached hydrogens (tertiary/aromatic N) is 2. The maximum absolute atomic E-state index is 4.30. The van der Waals surface area contributed by atoms with Gasteiger partial charge in [-0.15, -0.1) is 11.3 Å². The van der Waals surface area contributed by atoms with E-state index in [4.69, 9.17) is 0 Å². The highest BCUT2D eigenvalue weighted by atomic mass is 32.1. The van der Waals surface area contributed by atoms with Gasteiger partial charge in [0.05, 0.1) is 5.69 Å². The molecule has 0 radical (unpaired) electrons. The van der Waals surface area contributed by atoms with Gasteiger partial charge in [0.2, 0.25) is 0 Å². The van der Waals surface area contributed by atoms with Gasteiger partial charge in [0.1, 0.15) is 4.83 Å². The first kappa shape index (κ1) is 7.43. The molecule has 2 rings (SSSR count). The molecule has 0 aliphatic rings. The van der Waals surface area contributed by atoms with Gasteiger partial charge in [-0.1, -0.05) is 6.58 Å². The topological polar surface area (TPSA) is 25.8 Å². The van der Waals surface area contributed by atoms with Crippen molar-refractivity contribution >= 4 is 27.6 Å². The van der Waals surface area contributed by atoms with E-state index >= 15 is 0 Å². The molecule has 0 aromatic carbocycles. The Morgan fingerprint density at radius 3 is 3.08 bits per heavy atom. The van der Waals surface area contributed by atoms with Crippen LogP contribution in [0.5, 0.6) is 0 Å². The van der Waals surface area contributed by atoms with Gasteiger partial charge in [-0.05, 0) is 24.4 Å². The molecule has 0 aliphatic carbocycles. The van der Waals surface area contributed by atoms with Crippen LogP contribution in [0.25, 0.3) is 16.3 Å². The number of aromatic nitrogens is 2. The van der Waals surface area contributed by atoms with Crippen LogP contribution in [-0.4, -0.2) is 9.97 Å². The third-order valence-electron chi connectivity index (χ3n) is 1.72. The van der Waals surface area contributed by atoms with Gasteiger partial charge in [-0.25, -0.2) is 9.97 Å². The van der Waals surface area contributed by atoms with E-state index in [-0.39, 0.29) is 0 Å². The molecule has 2 heterocycles. The number of hydrogen-bond donors (Lipinski definition) is 0. The second kappa shape index (κ2) is 2.68. The first-order chi connectivity index (χ1) is 5.81. The van der Waals surface area contributed by atoms with Gasteiger partial charge in [-0.2, -0.15) is 0 Å². The van der Waals surface area contributed by atoms with Crippen LogP contribution in [0.3, 0.4) is 0 Å². The minimum Gasteiger partial charge on any atom is -0.233 e. The van der Waals surface area contributed by atoms with Gasteiger partial charge < -0.3 is 0 Å². The molecule has 2 aromatic rings. The van der Waals surface area contributed by atoms with Crippen molar-refractivity contribution < 1.29 is 0 Å². The van der Waals surface area contributed by atoms with Crippen molar-refractivity contribution in [2.75, 3.05) is 0 Å². The van der Waals surface area contributed by atoms with E-state index in [0.29, 0.717) is 5.82 Å². The molecular weight excluding hydrogens is 168 g/mol. The van der Waals surface area contributed by atoms with E-state index in [0.717, 1.165) is 15.9 Å². The largest absolute Gasteiger partial charge is 0.233 e. The number of rotatable bonds is 1. The molecule has 0 N–H and O–H groups in total. The molecular formula is C9H8N2S. The predicted octanol–water partition coefficient (Wildman–Crippen LogP) is 2.64. The zero-order valence-electron chi connectivity index (χ0n) is 6.74. The molecule has 2 nitrogen and oxygen atoms in total. The molecule has 0 saturated heterocycles. The Morgan fingerprint density at radius 1 is 1.50 bits per heavy atom. The predicted molar refractivity (Wildman–Crippen MR) is 52.2 cm³/mol. The van der Waals surface area contributed by atoms with E-state index in [1.807, 2.05) is 18.4 Å². The SMILES string of the molecule is C=Cc1nc(C)c2ccsc2n1. The van der Waals surface area contributed by atoms with E-state index in [2.05, 4.69) is 16.5 Å². The zero-order valence-corrected chi connectivity index (χ0v) is 7.56. The van der Waals surface area contributed by atoms with Crippen LogP contribution in [0.4, 0.5) is 0 Å². The third kappa shape index (κ3) is 1.02. The Bertz CT molecular complexity index is 431. The van der Waals surface area contributed by atoms with Crippen molar-refractivity contribution in [2.24, 2.45) is 0 Å². The van der Waals surface area contributed by atoms with E-state index in [1.165, 1.54) is 0 Å². The lowest BCUT2D eigenvalue weighted by atomic mass is 10.3. The molecule has 2 aromatic heterocycles. The third-order valence-corrected chi connectivity index (χ3v) is 2.52. The number of fused-ring (bicyclic) bond motifs is 1. The van der Waals surface area contributed by atoms with Crippen molar-refractivity contribution in [3.8, 4) is 0 Å². The van der Waals surface area contributed by atoms with Crippen molar-refractivity contribution in [1.29, 1.82) is 0 Å². The molecule has 60 valence electrons. The minimum absolute atomic E-state index is 0.711. The Kier molecular flexibility index (Phi) is 1.66. The van der Waals surface area contributed by atoms with E-state index in [1.54, 1.807) is 17.4 Å². The smallest absolute Gasteiger partial charge is 0.153 e. The normalized spacial score (nSPS) is 10.4. The molecule has 0 aliphatic heterocycles. The fraction of sp³-hybridized carbons (Fsp3) is 0.111. The second-order valence-electron chi connectivity index (χ2n) is 2.51. The molecule has 3 heteroatoms. The second-order valence-corrected chi connectivity index (χ2v) is 3.41. The van der Waals surface area contributed by atoms with Crippen LogP contribution >= 0.6 is 11.3 Å². The number of aryl methyl sites for hydroxylation is 1. The lowest BCUT2D eigenvalue weighted by Crippen LogP contribution is -1.89. The fourth-order valence-corrected chi connectivity index (χ4v) is 1.94. The average Bonchev–Trinajstić information content (AvgIpc) is 2.52. The quantitative estimate of drug-likeness (QED) is 0.667. The zero-order chi connectivity index (χ0) is 8.55. The Labute approximate surface area is 74.6 Å². The van der Waals surface area contributed by atoms with Crippen molar-refractivity contribution in [2.45, 2.75) is 6.92 Å². The molecule has 0 fully saturated rings. The Balaban J connectivity index is 2.83. The summed E-state index contributed by atoms with van der Waals surface area (Å²) in [6.45, 7) is 5.63. The lowest BCUT2D eigenvalue weighted by Gasteiger charge is -1.96. The van der Waals surface area contributed by atoms with Gasteiger partial charge in [0.15, 0.2) is 5.82 Å². The summed E-state index contributed by atoms with van der Waals surface area (Å²) in [5, 5.41) is 3.17. The van der Waals surface area contributed by atoms with Crippen molar-refractivity contribution in [3.05, 3.63) is 29.5 Å². The molecule has 0 bridgehead atoms. The average molecular weight is 176 g/mol. The molecule has 0 atom stereocenters. The summed E-state index contributed by atoms with van der Waals surface area (Å²) in [7, 11) is 0. The van der Waals surface area contributed by atoms with Crippen molar-refractivity contribution in [1.82, 2.24) is 9.97 Å². The van der Waals surface area contributed by atoms with Crippen LogP contribution in [0.1, 0.15) is 11.5 Å². The maximum atomic E-state index is 4.30. The highest BCUT2D eigenvalue weighted by molar-refractivity contribution is 7.16. The van der Waals surface area contributed by atoms with Crippen molar-refractivity contribution in [3.63, 3.8) is 0 Å². The highest BCUT2D eigenvalue weighted by Gasteiger charge is 2.01. The lowest BCUT2D eigenvalue weighted by molar-refractivity contribution is 1.13. The molecule has 0 unspecified atom stereocenters. The molecule has 12 heavy (non-hydrogen) atoms. The number of hydrogen-bond acceptors (Lipinski definition) is 3. The fourth-order valence-electron chi connectivity index (χ4n) is 1.12. The van der Waals surface area contributed by atoms with Crippen LogP contribution in [-0.2, 0) is 0 Å². The highest BCUT2D eigenvalue weighted by Crippen LogP contribution is 2.20. The minimum atomic E-state index is 0.711. The van der Waals surface area contributed by atoms with Gasteiger partial charge in [0, 0.05) is 5.39 Å². The van der Waals surface area contributed by atoms with Crippen LogP contribution in [0, 0.1) is 6.92 Å². The summed E-state index contributed by atoms with van der Waals surface area (Å²) in [4.78, 5) is 9.61. The molecule has 0 amide bonds. The summed E-state index contributed by atoms with van der Waals surface area (Å²) in [6.07, 6.45) is 1.67. The van der Waals surface area contributed by atoms with Gasteiger partial charge in [0.25, 0.3) is 0 Å². The summed E-state index contributed by atoms with van der Waals surface area (Å²) >= 11 is 1.63. The van der Waals surface area contributed by atoms with Crippen LogP contribution in [0.2, 0.25) is 0 Å². The van der Waals surface area contributed by atoms with Gasteiger partial charge in [-0.3, -0.25) is 0 Å². The Hall–Kier alpha value is -1.22. The first-order valence-corrected chi connectivity index (χ1v) is 4.53. The Morgan fingerprint density at radius 2 is 2.33 bits per heavy atom. The monoisotopic (exact) mass is 176 g/mol. The standard InChI is InChI=1S/C9H8N2S/c1-3-8-10-6(2)7-4-5-12-9(7)11-8/h3-5H,1H2,2H3. The molecule has 0 saturated carbocycles.